The van der Waals surface area contributed by atoms with Gasteiger partial charge >= 0.3 is 0 Å². The van der Waals surface area contributed by atoms with Crippen LogP contribution in [0, 0.1) is 22.7 Å². The van der Waals surface area contributed by atoms with Crippen LogP contribution in [0.2, 0.25) is 10.0 Å². The van der Waals surface area contributed by atoms with Crippen LogP contribution >= 0.6 is 23.2 Å². The van der Waals surface area contributed by atoms with Crippen molar-refractivity contribution in [1.29, 1.82) is 10.5 Å². The fourth-order valence-electron chi connectivity index (χ4n) is 6.07. The number of benzene rings is 4. The van der Waals surface area contributed by atoms with Gasteiger partial charge in [-0.1, -0.05) is 71.7 Å². The van der Waals surface area contributed by atoms with Crippen molar-refractivity contribution in [3.63, 3.8) is 0 Å². The van der Waals surface area contributed by atoms with Crippen LogP contribution in [0.5, 0.6) is 17.5 Å². The van der Waals surface area contributed by atoms with Gasteiger partial charge in [-0.05, 0) is 77.1 Å². The molecule has 11 heteroatoms. The maximum absolute atomic E-state index is 11.9. The molecule has 4 aromatic carbocycles. The van der Waals surface area contributed by atoms with Gasteiger partial charge in [0.2, 0.25) is 11.8 Å². The summed E-state index contributed by atoms with van der Waals surface area (Å²) in [6.07, 6.45) is 1.64. The molecule has 9 nitrogen and oxygen atoms in total. The normalized spacial score (nSPS) is 13.2. The minimum atomic E-state index is -0.362. The molecular formula is C40H32Cl2N4O5. The van der Waals surface area contributed by atoms with Crippen molar-refractivity contribution in [3.05, 3.63) is 128 Å². The van der Waals surface area contributed by atoms with Gasteiger partial charge in [-0.25, -0.2) is 0 Å². The Morgan fingerprint density at radius 2 is 1.61 bits per heavy atom. The number of hydrogen-bond acceptors (Lipinski definition) is 9. The molecule has 0 saturated carbocycles. The fourth-order valence-corrected chi connectivity index (χ4v) is 6.61. The second kappa shape index (κ2) is 16.5. The van der Waals surface area contributed by atoms with E-state index in [2.05, 4.69) is 16.4 Å². The first-order valence-electron chi connectivity index (χ1n) is 16.3. The maximum atomic E-state index is 11.9. The third-order valence-electron chi connectivity index (χ3n) is 8.45. The van der Waals surface area contributed by atoms with Crippen molar-refractivity contribution in [1.82, 2.24) is 10.3 Å². The highest BCUT2D eigenvalue weighted by Crippen LogP contribution is 2.44. The lowest BCUT2D eigenvalue weighted by molar-refractivity contribution is 0.111. The summed E-state index contributed by atoms with van der Waals surface area (Å²) >= 11 is 13.6. The monoisotopic (exact) mass is 718 g/mol. The molecule has 1 atom stereocenters. The van der Waals surface area contributed by atoms with Crippen LogP contribution in [-0.4, -0.2) is 42.7 Å². The standard InChI is InChI=1S/C40H32Cl2N4O5/c41-36-20-29(23-48)39(50-24-27-18-25(21-43)17-26(19-27)22-44)46-40(36)51-37-12-11-33-32(4-2-5-34(33)37)35-6-1-3-31(38(35)42)28-7-9-30(10-8-28)49-16-14-45-13-15-47/h1-10,17-20,23,37,45,47H,11-16,24H2. The molecule has 5 aromatic rings. The van der Waals surface area contributed by atoms with E-state index < -0.39 is 0 Å². The lowest BCUT2D eigenvalue weighted by Gasteiger charge is -2.18. The predicted molar refractivity (Wildman–Crippen MR) is 194 cm³/mol. The average Bonchev–Trinajstić information content (AvgIpc) is 3.58. The van der Waals surface area contributed by atoms with E-state index in [-0.39, 0.29) is 41.7 Å². The third kappa shape index (κ3) is 8.15. The molecule has 6 rings (SSSR count). The van der Waals surface area contributed by atoms with E-state index in [9.17, 15) is 15.3 Å². The Kier molecular flexibility index (Phi) is 11.5. The number of carbonyl (C=O) groups excluding carboxylic acids is 1. The number of aromatic nitrogens is 1. The number of aliphatic hydroxyl groups is 1. The highest BCUT2D eigenvalue weighted by molar-refractivity contribution is 6.36. The van der Waals surface area contributed by atoms with E-state index in [1.54, 1.807) is 12.1 Å². The van der Waals surface area contributed by atoms with Crippen LogP contribution in [0.15, 0.2) is 84.9 Å². The zero-order chi connectivity index (χ0) is 35.7. The molecule has 1 aliphatic carbocycles. The highest BCUT2D eigenvalue weighted by atomic mass is 35.5. The van der Waals surface area contributed by atoms with Crippen LogP contribution in [-0.2, 0) is 13.0 Å². The first-order valence-corrected chi connectivity index (χ1v) is 17.0. The number of nitriles is 2. The molecule has 0 spiro atoms. The Hall–Kier alpha value is -5.42. The fraction of sp³-hybridized carbons (Fsp3) is 0.200. The minimum Gasteiger partial charge on any atom is -0.492 e. The first kappa shape index (κ1) is 35.4. The number of nitrogens with zero attached hydrogens (tertiary/aromatic N) is 3. The molecule has 1 aromatic heterocycles. The second-order valence-corrected chi connectivity index (χ2v) is 12.5. The second-order valence-electron chi connectivity index (χ2n) is 11.8. The Morgan fingerprint density at radius 3 is 2.33 bits per heavy atom. The zero-order valence-corrected chi connectivity index (χ0v) is 28.9. The van der Waals surface area contributed by atoms with E-state index in [0.717, 1.165) is 45.6 Å². The molecule has 0 aliphatic heterocycles. The van der Waals surface area contributed by atoms with Crippen LogP contribution < -0.4 is 19.5 Å². The third-order valence-corrected chi connectivity index (χ3v) is 9.13. The number of ether oxygens (including phenoxy) is 3. The van der Waals surface area contributed by atoms with Crippen LogP contribution in [0.1, 0.15) is 50.7 Å². The minimum absolute atomic E-state index is 0.0236. The molecule has 1 aliphatic rings. The van der Waals surface area contributed by atoms with E-state index in [1.165, 1.54) is 12.1 Å². The van der Waals surface area contributed by atoms with Gasteiger partial charge in [-0.2, -0.15) is 15.5 Å². The first-order chi connectivity index (χ1) is 24.9. The molecule has 1 heterocycles. The summed E-state index contributed by atoms with van der Waals surface area (Å²) in [7, 11) is 0. The van der Waals surface area contributed by atoms with Gasteiger partial charge in [0.05, 0.1) is 40.5 Å². The smallest absolute Gasteiger partial charge is 0.236 e. The van der Waals surface area contributed by atoms with Gasteiger partial charge in [0, 0.05) is 24.2 Å². The summed E-state index contributed by atoms with van der Waals surface area (Å²) in [5.74, 6) is 0.894. The number of carbonyl (C=O) groups is 1. The number of aldehydes is 1. The van der Waals surface area contributed by atoms with Gasteiger partial charge in [0.15, 0.2) is 6.29 Å². The number of nitrogens with one attached hydrogen (secondary N) is 1. The molecule has 0 amide bonds. The molecule has 256 valence electrons. The maximum Gasteiger partial charge on any atom is 0.236 e. The Morgan fingerprint density at radius 1 is 0.882 bits per heavy atom. The molecule has 1 unspecified atom stereocenters. The number of halogens is 2. The van der Waals surface area contributed by atoms with Gasteiger partial charge < -0.3 is 24.6 Å². The molecule has 0 saturated heterocycles. The summed E-state index contributed by atoms with van der Waals surface area (Å²) in [5.41, 5.74) is 7.24. The summed E-state index contributed by atoms with van der Waals surface area (Å²) in [5, 5.41) is 31.4. The quantitative estimate of drug-likeness (QED) is 0.0867. The zero-order valence-electron chi connectivity index (χ0n) is 27.4. The molecule has 0 radical (unpaired) electrons. The molecular weight excluding hydrogens is 687 g/mol. The largest absolute Gasteiger partial charge is 0.492 e. The molecule has 0 fully saturated rings. The Balaban J connectivity index is 1.21. The molecule has 2 N–H and O–H groups in total. The molecule has 0 bridgehead atoms. The van der Waals surface area contributed by atoms with Gasteiger partial charge in [0.25, 0.3) is 0 Å². The van der Waals surface area contributed by atoms with Crippen LogP contribution in [0.25, 0.3) is 22.3 Å². The summed E-state index contributed by atoms with van der Waals surface area (Å²) in [6.45, 7) is 1.72. The topological polar surface area (TPSA) is 137 Å². The summed E-state index contributed by atoms with van der Waals surface area (Å²) < 4.78 is 18.1. The van der Waals surface area contributed by atoms with Crippen LogP contribution in [0.3, 0.4) is 0 Å². The predicted octanol–water partition coefficient (Wildman–Crippen LogP) is 7.88. The molecule has 51 heavy (non-hydrogen) atoms. The van der Waals surface area contributed by atoms with E-state index in [0.29, 0.717) is 54.1 Å². The van der Waals surface area contributed by atoms with Crippen molar-refractivity contribution in [3.8, 4) is 51.9 Å². The summed E-state index contributed by atoms with van der Waals surface area (Å²) in [4.78, 5) is 16.4. The van der Waals surface area contributed by atoms with Crippen molar-refractivity contribution in [2.75, 3.05) is 26.3 Å². The average molecular weight is 720 g/mol. The number of pyridine rings is 1. The van der Waals surface area contributed by atoms with E-state index >= 15 is 0 Å². The van der Waals surface area contributed by atoms with Crippen molar-refractivity contribution in [2.45, 2.75) is 25.6 Å². The lowest BCUT2D eigenvalue weighted by atomic mass is 9.94. The SMILES string of the molecule is N#Cc1cc(C#N)cc(COc2nc(OC3CCc4c(-c5cccc(-c6ccc(OCCNCCO)cc6)c5Cl)cccc43)c(Cl)cc2C=O)c1. The summed E-state index contributed by atoms with van der Waals surface area (Å²) in [6, 6.07) is 30.1. The van der Waals surface area contributed by atoms with Crippen molar-refractivity contribution >= 4 is 29.5 Å². The van der Waals surface area contributed by atoms with Crippen LogP contribution in [0.4, 0.5) is 0 Å². The van der Waals surface area contributed by atoms with E-state index in [4.69, 9.17) is 42.5 Å². The van der Waals surface area contributed by atoms with Gasteiger partial charge in [0.1, 0.15) is 30.1 Å². The Bertz CT molecular complexity index is 2110. The van der Waals surface area contributed by atoms with E-state index in [1.807, 2.05) is 66.7 Å². The lowest BCUT2D eigenvalue weighted by Crippen LogP contribution is -2.23. The number of hydrogen-bond donors (Lipinski definition) is 2. The highest BCUT2D eigenvalue weighted by Gasteiger charge is 2.29. The number of aliphatic hydroxyl groups excluding tert-OH is 1. The number of fused-ring (bicyclic) bond motifs is 1. The van der Waals surface area contributed by atoms with Gasteiger partial charge in [-0.3, -0.25) is 4.79 Å². The van der Waals surface area contributed by atoms with Gasteiger partial charge in [-0.15, -0.1) is 0 Å². The Labute approximate surface area is 305 Å². The van der Waals surface area contributed by atoms with Crippen molar-refractivity contribution in [2.24, 2.45) is 0 Å². The van der Waals surface area contributed by atoms with Crippen molar-refractivity contribution < 1.29 is 24.1 Å². The number of rotatable bonds is 14.